The predicted octanol–water partition coefficient (Wildman–Crippen LogP) is 2.56. The maximum Gasteiger partial charge on any atom is 0.196 e. The van der Waals surface area contributed by atoms with E-state index in [9.17, 15) is 4.79 Å². The maximum atomic E-state index is 11.1. The molecule has 0 saturated carbocycles. The summed E-state index contributed by atoms with van der Waals surface area (Å²) in [4.78, 5) is 17.4. The van der Waals surface area contributed by atoms with Gasteiger partial charge in [0.15, 0.2) is 17.4 Å². The molecule has 0 fully saturated rings. The van der Waals surface area contributed by atoms with E-state index in [1.807, 2.05) is 36.2 Å². The minimum absolute atomic E-state index is 0.0561. The molecule has 4 nitrogen and oxygen atoms in total. The van der Waals surface area contributed by atoms with Gasteiger partial charge in [-0.05, 0) is 18.2 Å². The van der Waals surface area contributed by atoms with Crippen LogP contribution in [0.2, 0.25) is 0 Å². The number of aromatic nitrogens is 1. The molecule has 2 aromatic rings. The van der Waals surface area contributed by atoms with Crippen LogP contribution >= 0.6 is 0 Å². The first-order valence-corrected chi connectivity index (χ1v) is 5.88. The van der Waals surface area contributed by atoms with Crippen LogP contribution in [0.4, 0.5) is 5.88 Å². The molecule has 0 bridgehead atoms. The first-order chi connectivity index (χ1) is 8.66. The number of carbonyl (C=O) groups is 1. The highest BCUT2D eigenvalue weighted by Gasteiger charge is 2.09. The molecule has 0 unspecified atom stereocenters. The summed E-state index contributed by atoms with van der Waals surface area (Å²) in [6.07, 6.45) is 2.63. The lowest BCUT2D eigenvalue weighted by atomic mass is 10.2. The summed E-state index contributed by atoms with van der Waals surface area (Å²) in [5.41, 5.74) is 1.04. The van der Waals surface area contributed by atoms with E-state index in [2.05, 4.69) is 4.98 Å². The summed E-state index contributed by atoms with van der Waals surface area (Å²) < 4.78 is 5.45. The van der Waals surface area contributed by atoms with Crippen LogP contribution in [0, 0.1) is 0 Å². The molecule has 18 heavy (non-hydrogen) atoms. The van der Waals surface area contributed by atoms with Crippen LogP contribution in [0.5, 0.6) is 0 Å². The first kappa shape index (κ1) is 12.4. The van der Waals surface area contributed by atoms with Gasteiger partial charge in [0.05, 0.1) is 0 Å². The number of Topliss-reactive ketones (excluding diaryl/α,β-unsaturated/α-hetero) is 1. The molecular weight excluding hydrogens is 228 g/mol. The first-order valence-electron chi connectivity index (χ1n) is 5.88. The number of carbonyl (C=O) groups excluding carboxylic acids is 1. The molecule has 0 spiro atoms. The van der Waals surface area contributed by atoms with Crippen molar-refractivity contribution >= 4 is 11.7 Å². The second-order valence-electron chi connectivity index (χ2n) is 4.19. The molecule has 0 N–H and O–H groups in total. The lowest BCUT2D eigenvalue weighted by Gasteiger charge is -2.15. The van der Waals surface area contributed by atoms with E-state index in [-0.39, 0.29) is 5.78 Å². The summed E-state index contributed by atoms with van der Waals surface area (Å²) in [7, 11) is 1.94. The number of likely N-dealkylation sites (N-methyl/N-ethyl adjacent to an activating group) is 1. The van der Waals surface area contributed by atoms with Crippen LogP contribution in [0.3, 0.4) is 0 Å². The Morgan fingerprint density at radius 3 is 2.78 bits per heavy atom. The van der Waals surface area contributed by atoms with Gasteiger partial charge in [-0.25, -0.2) is 0 Å². The second kappa shape index (κ2) is 5.49. The Labute approximate surface area is 106 Å². The highest BCUT2D eigenvalue weighted by Crippen LogP contribution is 2.17. The Bertz CT molecular complexity index is 520. The van der Waals surface area contributed by atoms with Crippen molar-refractivity contribution in [2.45, 2.75) is 13.3 Å². The van der Waals surface area contributed by atoms with E-state index in [1.165, 1.54) is 6.92 Å². The highest BCUT2D eigenvalue weighted by atomic mass is 16.4. The summed E-state index contributed by atoms with van der Waals surface area (Å²) in [6.45, 7) is 2.29. The third-order valence-electron chi connectivity index (χ3n) is 2.74. The van der Waals surface area contributed by atoms with Crippen molar-refractivity contribution in [1.82, 2.24) is 4.98 Å². The van der Waals surface area contributed by atoms with Gasteiger partial charge < -0.3 is 9.32 Å². The molecular formula is C14H16N2O2. The normalized spacial score (nSPS) is 10.3. The quantitative estimate of drug-likeness (QED) is 0.758. The topological polar surface area (TPSA) is 46.3 Å². The van der Waals surface area contributed by atoms with Crippen molar-refractivity contribution in [3.63, 3.8) is 0 Å². The molecule has 0 amide bonds. The summed E-state index contributed by atoms with van der Waals surface area (Å²) >= 11 is 0. The van der Waals surface area contributed by atoms with Gasteiger partial charge in [0.2, 0.25) is 0 Å². The van der Waals surface area contributed by atoms with Gasteiger partial charge in [0, 0.05) is 44.9 Å². The molecule has 0 radical (unpaired) electrons. The van der Waals surface area contributed by atoms with Crippen molar-refractivity contribution in [3.05, 3.63) is 48.0 Å². The molecule has 0 aliphatic carbocycles. The zero-order chi connectivity index (χ0) is 13.0. The van der Waals surface area contributed by atoms with Crippen LogP contribution < -0.4 is 4.90 Å². The molecule has 94 valence electrons. The summed E-state index contributed by atoms with van der Waals surface area (Å²) in [6, 6.07) is 9.39. The van der Waals surface area contributed by atoms with Crippen LogP contribution in [-0.2, 0) is 6.42 Å². The summed E-state index contributed by atoms with van der Waals surface area (Å²) in [5.74, 6) is 1.05. The lowest BCUT2D eigenvalue weighted by molar-refractivity contribution is 0.0988. The predicted molar refractivity (Wildman–Crippen MR) is 69.9 cm³/mol. The third-order valence-corrected chi connectivity index (χ3v) is 2.74. The molecule has 0 atom stereocenters. The van der Waals surface area contributed by atoms with E-state index in [0.717, 1.165) is 18.7 Å². The van der Waals surface area contributed by atoms with E-state index >= 15 is 0 Å². The van der Waals surface area contributed by atoms with Gasteiger partial charge in [0.1, 0.15) is 0 Å². The van der Waals surface area contributed by atoms with Gasteiger partial charge >= 0.3 is 0 Å². The largest absolute Gasteiger partial charge is 0.437 e. The fourth-order valence-electron chi connectivity index (χ4n) is 1.66. The number of nitrogens with zero attached hydrogens (tertiary/aromatic N) is 2. The van der Waals surface area contributed by atoms with E-state index in [1.54, 1.807) is 12.3 Å². The van der Waals surface area contributed by atoms with Crippen molar-refractivity contribution in [2.75, 3.05) is 18.5 Å². The number of hydrogen-bond donors (Lipinski definition) is 0. The minimum atomic E-state index is -0.0561. The molecule has 0 aliphatic rings. The summed E-state index contributed by atoms with van der Waals surface area (Å²) in [5, 5.41) is 0. The molecule has 2 heterocycles. The van der Waals surface area contributed by atoms with Crippen LogP contribution in [0.15, 0.2) is 40.9 Å². The Morgan fingerprint density at radius 1 is 1.33 bits per heavy atom. The van der Waals surface area contributed by atoms with Crippen LogP contribution in [0.25, 0.3) is 0 Å². The molecule has 0 saturated heterocycles. The monoisotopic (exact) mass is 244 g/mol. The van der Waals surface area contributed by atoms with Crippen molar-refractivity contribution in [2.24, 2.45) is 0 Å². The SMILES string of the molecule is CC(=O)c1ccc(N(C)CCc2ccccn2)o1. The van der Waals surface area contributed by atoms with Crippen LogP contribution in [-0.4, -0.2) is 24.4 Å². The van der Waals surface area contributed by atoms with Crippen LogP contribution in [0.1, 0.15) is 23.2 Å². The van der Waals surface area contributed by atoms with Crippen molar-refractivity contribution in [3.8, 4) is 0 Å². The van der Waals surface area contributed by atoms with E-state index in [0.29, 0.717) is 11.6 Å². The zero-order valence-electron chi connectivity index (χ0n) is 10.6. The van der Waals surface area contributed by atoms with E-state index < -0.39 is 0 Å². The highest BCUT2D eigenvalue weighted by molar-refractivity contribution is 5.91. The number of hydrogen-bond acceptors (Lipinski definition) is 4. The maximum absolute atomic E-state index is 11.1. The van der Waals surface area contributed by atoms with Gasteiger partial charge in [-0.3, -0.25) is 9.78 Å². The Kier molecular flexibility index (Phi) is 3.77. The Hall–Kier alpha value is -2.10. The van der Waals surface area contributed by atoms with Gasteiger partial charge in [-0.1, -0.05) is 6.07 Å². The smallest absolute Gasteiger partial charge is 0.196 e. The zero-order valence-corrected chi connectivity index (χ0v) is 10.6. The third kappa shape index (κ3) is 2.97. The lowest BCUT2D eigenvalue weighted by Crippen LogP contribution is -2.20. The van der Waals surface area contributed by atoms with Gasteiger partial charge in [-0.2, -0.15) is 0 Å². The average molecular weight is 244 g/mol. The van der Waals surface area contributed by atoms with Crippen molar-refractivity contribution < 1.29 is 9.21 Å². The molecule has 0 aliphatic heterocycles. The second-order valence-corrected chi connectivity index (χ2v) is 4.19. The van der Waals surface area contributed by atoms with Crippen molar-refractivity contribution in [1.29, 1.82) is 0 Å². The number of rotatable bonds is 5. The molecule has 0 aromatic carbocycles. The average Bonchev–Trinajstić information content (AvgIpc) is 2.87. The molecule has 2 rings (SSSR count). The number of furan rings is 1. The Morgan fingerprint density at radius 2 is 2.17 bits per heavy atom. The number of pyridine rings is 1. The van der Waals surface area contributed by atoms with Gasteiger partial charge in [-0.15, -0.1) is 0 Å². The number of ketones is 1. The Balaban J connectivity index is 1.95. The van der Waals surface area contributed by atoms with E-state index in [4.69, 9.17) is 4.42 Å². The molecule has 2 aromatic heterocycles. The molecule has 4 heteroatoms. The minimum Gasteiger partial charge on any atom is -0.437 e. The standard InChI is InChI=1S/C14H16N2O2/c1-11(17)13-6-7-14(18-13)16(2)10-8-12-5-3-4-9-15-12/h3-7,9H,8,10H2,1-2H3. The fourth-order valence-corrected chi connectivity index (χ4v) is 1.66. The fraction of sp³-hybridized carbons (Fsp3) is 0.286. The van der Waals surface area contributed by atoms with Gasteiger partial charge in [0.25, 0.3) is 0 Å². The number of anilines is 1.